The molecule has 0 aliphatic rings. The number of aromatic nitrogens is 2. The second kappa shape index (κ2) is 5.52. The van der Waals surface area contributed by atoms with Crippen molar-refractivity contribution < 1.29 is 9.18 Å². The van der Waals surface area contributed by atoms with Crippen LogP contribution in [-0.2, 0) is 4.79 Å². The van der Waals surface area contributed by atoms with Gasteiger partial charge in [-0.05, 0) is 19.9 Å². The van der Waals surface area contributed by atoms with Crippen LogP contribution in [0.5, 0.6) is 0 Å². The maximum absolute atomic E-state index is 13.3. The first-order valence-electron chi connectivity index (χ1n) is 6.59. The highest BCUT2D eigenvalue weighted by Crippen LogP contribution is 2.16. The number of hydrogen-bond donors (Lipinski definition) is 0. The lowest BCUT2D eigenvalue weighted by atomic mass is 9.96. The topological polar surface area (TPSA) is 47.2 Å². The van der Waals surface area contributed by atoms with Gasteiger partial charge in [-0.15, -0.1) is 11.3 Å². The Kier molecular flexibility index (Phi) is 4.09. The smallest absolute Gasteiger partial charge is 0.253 e. The molecule has 0 aliphatic carbocycles. The van der Waals surface area contributed by atoms with E-state index in [-0.39, 0.29) is 5.91 Å². The molecule has 0 spiro atoms. The van der Waals surface area contributed by atoms with E-state index in [0.717, 1.165) is 4.88 Å². The van der Waals surface area contributed by atoms with Gasteiger partial charge in [-0.3, -0.25) is 9.36 Å². The molecule has 112 valence electrons. The van der Waals surface area contributed by atoms with Gasteiger partial charge in [0.05, 0.1) is 11.9 Å². The summed E-state index contributed by atoms with van der Waals surface area (Å²) in [5, 5.41) is 0. The highest BCUT2D eigenvalue weighted by molar-refractivity contribution is 7.09. The van der Waals surface area contributed by atoms with E-state index in [1.807, 2.05) is 33.9 Å². The second-order valence-electron chi connectivity index (χ2n) is 5.96. The van der Waals surface area contributed by atoms with Crippen molar-refractivity contribution in [1.82, 2.24) is 9.55 Å². The van der Waals surface area contributed by atoms with Crippen molar-refractivity contribution in [2.75, 3.05) is 0 Å². The summed E-state index contributed by atoms with van der Waals surface area (Å²) in [7, 11) is 0. The molecule has 2 aromatic rings. The van der Waals surface area contributed by atoms with E-state index in [4.69, 9.17) is 0 Å². The van der Waals surface area contributed by atoms with Gasteiger partial charge in [0.1, 0.15) is 0 Å². The number of carbonyl (C=O) groups excluding carboxylic acids is 1. The summed E-state index contributed by atoms with van der Waals surface area (Å²) >= 11 is 1.42. The van der Waals surface area contributed by atoms with Crippen LogP contribution in [0.25, 0.3) is 5.69 Å². The fourth-order valence-corrected chi connectivity index (χ4v) is 2.48. The van der Waals surface area contributed by atoms with E-state index >= 15 is 0 Å². The summed E-state index contributed by atoms with van der Waals surface area (Å²) in [4.78, 5) is 21.6. The van der Waals surface area contributed by atoms with Crippen molar-refractivity contribution in [3.63, 3.8) is 0 Å². The third kappa shape index (κ3) is 3.44. The number of hydrogen-bond acceptors (Lipinski definition) is 3. The summed E-state index contributed by atoms with van der Waals surface area (Å²) in [6.45, 7) is 9.07. The van der Waals surface area contributed by atoms with E-state index in [2.05, 4.69) is 9.98 Å². The van der Waals surface area contributed by atoms with Gasteiger partial charge < -0.3 is 0 Å². The van der Waals surface area contributed by atoms with Crippen LogP contribution in [0.3, 0.4) is 0 Å². The summed E-state index contributed by atoms with van der Waals surface area (Å²) < 4.78 is 15.1. The zero-order valence-corrected chi connectivity index (χ0v) is 13.6. The molecular weight excluding hydrogens is 289 g/mol. The van der Waals surface area contributed by atoms with Crippen LogP contribution >= 0.6 is 11.3 Å². The fourth-order valence-electron chi connectivity index (χ4n) is 1.65. The summed E-state index contributed by atoms with van der Waals surface area (Å²) in [5.74, 6) is -0.680. The molecule has 0 fully saturated rings. The first kappa shape index (κ1) is 15.6. The van der Waals surface area contributed by atoms with E-state index in [0.29, 0.717) is 16.1 Å². The van der Waals surface area contributed by atoms with E-state index < -0.39 is 11.4 Å². The van der Waals surface area contributed by atoms with Crippen LogP contribution in [0.15, 0.2) is 23.5 Å². The molecule has 0 saturated carbocycles. The van der Waals surface area contributed by atoms with E-state index in [9.17, 15) is 9.18 Å². The number of amides is 1. The highest BCUT2D eigenvalue weighted by Gasteiger charge is 2.21. The minimum Gasteiger partial charge on any atom is -0.291 e. The predicted molar refractivity (Wildman–Crippen MR) is 80.9 cm³/mol. The molecule has 6 heteroatoms. The fraction of sp³-hybridized carbons (Fsp3) is 0.400. The SMILES string of the molecule is Cc1cn(-c2cnc(F)c(C)c2)c(=NC(=O)C(C)(C)C)s1. The zero-order valence-electron chi connectivity index (χ0n) is 12.8. The molecule has 1 amide bonds. The standard InChI is InChI=1S/C15H18FN3OS/c1-9-6-11(7-17-12(9)16)19-8-10(2)21-14(19)18-13(20)15(3,4)5/h6-8H,1-5H3. The van der Waals surface area contributed by atoms with Crippen molar-refractivity contribution in [2.45, 2.75) is 34.6 Å². The van der Waals surface area contributed by atoms with Crippen molar-refractivity contribution in [1.29, 1.82) is 0 Å². The molecule has 0 radical (unpaired) electrons. The monoisotopic (exact) mass is 307 g/mol. The summed E-state index contributed by atoms with van der Waals surface area (Å²) in [6, 6.07) is 1.69. The largest absolute Gasteiger partial charge is 0.291 e. The number of halogens is 1. The van der Waals surface area contributed by atoms with Crippen molar-refractivity contribution in [3.05, 3.63) is 39.6 Å². The first-order valence-corrected chi connectivity index (χ1v) is 7.41. The second-order valence-corrected chi connectivity index (χ2v) is 7.18. The molecule has 2 aromatic heterocycles. The minimum atomic E-state index is -0.535. The molecule has 0 saturated heterocycles. The van der Waals surface area contributed by atoms with Gasteiger partial charge in [0.15, 0.2) is 4.80 Å². The van der Waals surface area contributed by atoms with Crippen LogP contribution < -0.4 is 4.80 Å². The molecular formula is C15H18FN3OS. The van der Waals surface area contributed by atoms with Gasteiger partial charge in [0, 0.05) is 22.1 Å². The van der Waals surface area contributed by atoms with Crippen LogP contribution in [0.4, 0.5) is 4.39 Å². The quantitative estimate of drug-likeness (QED) is 0.760. The van der Waals surface area contributed by atoms with Crippen LogP contribution in [0.1, 0.15) is 31.2 Å². The molecule has 0 atom stereocenters. The van der Waals surface area contributed by atoms with Gasteiger partial charge in [-0.1, -0.05) is 20.8 Å². The van der Waals surface area contributed by atoms with E-state index in [1.165, 1.54) is 17.5 Å². The molecule has 0 bridgehead atoms. The lowest BCUT2D eigenvalue weighted by molar-refractivity contribution is -0.125. The lowest BCUT2D eigenvalue weighted by Crippen LogP contribution is -2.23. The van der Waals surface area contributed by atoms with E-state index in [1.54, 1.807) is 17.6 Å². The predicted octanol–water partition coefficient (Wildman–Crippen LogP) is 3.16. The van der Waals surface area contributed by atoms with Crippen LogP contribution in [-0.4, -0.2) is 15.5 Å². The molecule has 0 aromatic carbocycles. The third-order valence-electron chi connectivity index (χ3n) is 2.89. The maximum Gasteiger partial charge on any atom is 0.253 e. The van der Waals surface area contributed by atoms with Crippen molar-refractivity contribution in [3.8, 4) is 5.69 Å². The molecule has 0 aliphatic heterocycles. The summed E-state index contributed by atoms with van der Waals surface area (Å²) in [5.41, 5.74) is 0.614. The van der Waals surface area contributed by atoms with Gasteiger partial charge in [0.2, 0.25) is 5.95 Å². The Morgan fingerprint density at radius 3 is 2.62 bits per heavy atom. The van der Waals surface area contributed by atoms with Gasteiger partial charge >= 0.3 is 0 Å². The third-order valence-corrected chi connectivity index (χ3v) is 3.78. The summed E-state index contributed by atoms with van der Waals surface area (Å²) in [6.07, 6.45) is 3.31. The van der Waals surface area contributed by atoms with Gasteiger partial charge in [-0.2, -0.15) is 9.38 Å². The van der Waals surface area contributed by atoms with Gasteiger partial charge in [0.25, 0.3) is 5.91 Å². The number of nitrogens with zero attached hydrogens (tertiary/aromatic N) is 3. The van der Waals surface area contributed by atoms with Crippen LogP contribution in [0, 0.1) is 25.2 Å². The molecule has 2 heterocycles. The Bertz CT molecular complexity index is 753. The van der Waals surface area contributed by atoms with Crippen molar-refractivity contribution >= 4 is 17.2 Å². The Labute approximate surface area is 127 Å². The number of carbonyl (C=O) groups is 1. The average molecular weight is 307 g/mol. The average Bonchev–Trinajstić information content (AvgIpc) is 2.72. The van der Waals surface area contributed by atoms with Crippen molar-refractivity contribution in [2.24, 2.45) is 10.4 Å². The Balaban J connectivity index is 2.58. The molecule has 2 rings (SSSR count). The zero-order chi connectivity index (χ0) is 15.8. The lowest BCUT2D eigenvalue weighted by Gasteiger charge is -2.11. The number of pyridine rings is 1. The normalized spacial score (nSPS) is 12.8. The molecule has 0 N–H and O–H groups in total. The van der Waals surface area contributed by atoms with Crippen LogP contribution in [0.2, 0.25) is 0 Å². The number of thiazole rings is 1. The minimum absolute atomic E-state index is 0.190. The number of rotatable bonds is 1. The Morgan fingerprint density at radius 1 is 1.38 bits per heavy atom. The van der Waals surface area contributed by atoms with Gasteiger partial charge in [-0.25, -0.2) is 4.98 Å². The Hall–Kier alpha value is -1.82. The number of aryl methyl sites for hydroxylation is 2. The highest BCUT2D eigenvalue weighted by atomic mass is 32.1. The molecule has 0 unspecified atom stereocenters. The molecule has 21 heavy (non-hydrogen) atoms. The molecule has 4 nitrogen and oxygen atoms in total. The Morgan fingerprint density at radius 2 is 2.05 bits per heavy atom. The first-order chi connectivity index (χ1) is 9.68. The maximum atomic E-state index is 13.3.